The number of anilines is 3. The number of fused-ring (bicyclic) bond motifs is 5. The molecule has 9 nitrogen and oxygen atoms in total. The predicted octanol–water partition coefficient (Wildman–Crippen LogP) is 6.11. The zero-order valence-corrected chi connectivity index (χ0v) is 25.3. The first-order valence-electron chi connectivity index (χ1n) is 14.8. The van der Waals surface area contributed by atoms with Gasteiger partial charge in [-0.2, -0.15) is 0 Å². The predicted molar refractivity (Wildman–Crippen MR) is 165 cm³/mol. The number of hydrogen-bond acceptors (Lipinski definition) is 9. The van der Waals surface area contributed by atoms with E-state index in [0.29, 0.717) is 34.8 Å². The Morgan fingerprint density at radius 1 is 1.05 bits per heavy atom. The van der Waals surface area contributed by atoms with Gasteiger partial charge in [0, 0.05) is 62.2 Å². The third-order valence-electron chi connectivity index (χ3n) is 8.38. The lowest BCUT2D eigenvalue weighted by atomic mass is 10.1. The van der Waals surface area contributed by atoms with E-state index >= 15 is 8.78 Å². The van der Waals surface area contributed by atoms with Crippen LogP contribution in [0.5, 0.6) is 5.75 Å². The standard InChI is InChI=1S/C31H35F2N7O2S/c1-18(2)40-19(3)35-30-24(32)12-20(13-27(30)40)29-25(33)15-34-31(37-29)36-21-4-5-26-28(14-21)42-17-23-16-38(8-9-39(26)43-23)22-6-10-41-11-7-22/h4-5,12-15,18,22-23H,6-11,16-17H2,1-3H3,(H,34,36,37)/t23-/m0/s1. The van der Waals surface area contributed by atoms with Crippen molar-refractivity contribution in [1.29, 1.82) is 0 Å². The Bertz CT molecular complexity index is 1660. The monoisotopic (exact) mass is 607 g/mol. The summed E-state index contributed by atoms with van der Waals surface area (Å²) in [5, 5.41) is 3.52. The van der Waals surface area contributed by atoms with Crippen molar-refractivity contribution in [3.63, 3.8) is 0 Å². The lowest BCUT2D eigenvalue weighted by Crippen LogP contribution is -2.44. The summed E-state index contributed by atoms with van der Waals surface area (Å²) in [6, 6.07) is 9.58. The molecule has 0 aliphatic carbocycles. The van der Waals surface area contributed by atoms with Crippen molar-refractivity contribution in [2.24, 2.45) is 0 Å². The first kappa shape index (κ1) is 28.3. The quantitative estimate of drug-likeness (QED) is 0.270. The first-order valence-corrected chi connectivity index (χ1v) is 15.7. The molecule has 4 aromatic rings. The van der Waals surface area contributed by atoms with E-state index in [4.69, 9.17) is 9.47 Å². The second kappa shape index (κ2) is 11.5. The molecular formula is C31H35F2N7O2S. The van der Waals surface area contributed by atoms with Crippen LogP contribution in [0.25, 0.3) is 22.3 Å². The molecule has 5 heterocycles. The summed E-state index contributed by atoms with van der Waals surface area (Å²) in [6.45, 7) is 11.0. The number of imidazole rings is 1. The van der Waals surface area contributed by atoms with Gasteiger partial charge in [0.15, 0.2) is 11.6 Å². The van der Waals surface area contributed by atoms with Crippen molar-refractivity contribution in [2.75, 3.05) is 49.1 Å². The number of hydrogen-bond donors (Lipinski definition) is 1. The molecule has 3 aliphatic rings. The van der Waals surface area contributed by atoms with Gasteiger partial charge in [0.25, 0.3) is 0 Å². The van der Waals surface area contributed by atoms with Crippen LogP contribution in [0.15, 0.2) is 36.5 Å². The molecule has 12 heteroatoms. The molecule has 7 rings (SSSR count). The van der Waals surface area contributed by atoms with Gasteiger partial charge in [0.2, 0.25) is 5.95 Å². The van der Waals surface area contributed by atoms with Crippen molar-refractivity contribution in [3.8, 4) is 17.0 Å². The Morgan fingerprint density at radius 3 is 2.70 bits per heavy atom. The fourth-order valence-corrected chi connectivity index (χ4v) is 7.59. The Morgan fingerprint density at radius 2 is 1.88 bits per heavy atom. The van der Waals surface area contributed by atoms with Crippen LogP contribution >= 0.6 is 11.9 Å². The molecule has 1 atom stereocenters. The average molecular weight is 608 g/mol. The molecule has 2 saturated heterocycles. The van der Waals surface area contributed by atoms with Gasteiger partial charge in [-0.05, 0) is 69.8 Å². The number of halogens is 2. The minimum Gasteiger partial charge on any atom is -0.490 e. The fourth-order valence-electron chi connectivity index (χ4n) is 6.39. The van der Waals surface area contributed by atoms with Gasteiger partial charge in [-0.15, -0.1) is 0 Å². The topological polar surface area (TPSA) is 80.6 Å². The van der Waals surface area contributed by atoms with Gasteiger partial charge in [-0.1, -0.05) is 0 Å². The van der Waals surface area contributed by atoms with Crippen molar-refractivity contribution in [1.82, 2.24) is 24.4 Å². The fraction of sp³-hybridized carbons (Fsp3) is 0.452. The van der Waals surface area contributed by atoms with E-state index in [2.05, 4.69) is 29.5 Å². The molecule has 1 N–H and O–H groups in total. The highest BCUT2D eigenvalue weighted by Gasteiger charge is 2.33. The van der Waals surface area contributed by atoms with Gasteiger partial charge in [-0.3, -0.25) is 4.90 Å². The second-order valence-electron chi connectivity index (χ2n) is 11.6. The van der Waals surface area contributed by atoms with E-state index in [9.17, 15) is 0 Å². The van der Waals surface area contributed by atoms with Crippen LogP contribution in [-0.4, -0.2) is 75.2 Å². The highest BCUT2D eigenvalue weighted by Crippen LogP contribution is 2.41. The molecule has 226 valence electrons. The van der Waals surface area contributed by atoms with Crippen LogP contribution in [-0.2, 0) is 4.74 Å². The summed E-state index contributed by atoms with van der Waals surface area (Å²) in [5.41, 5.74) is 2.95. The molecule has 43 heavy (non-hydrogen) atoms. The Hall–Kier alpha value is -3.48. The first-order chi connectivity index (χ1) is 20.8. The van der Waals surface area contributed by atoms with Gasteiger partial charge < -0.3 is 23.7 Å². The molecule has 0 amide bonds. The molecule has 2 aromatic carbocycles. The summed E-state index contributed by atoms with van der Waals surface area (Å²) in [4.78, 5) is 15.6. The van der Waals surface area contributed by atoms with Gasteiger partial charge in [0.1, 0.15) is 29.4 Å². The number of rotatable bonds is 5. The average Bonchev–Trinajstić information content (AvgIpc) is 3.12. The third-order valence-corrected chi connectivity index (χ3v) is 9.60. The lowest BCUT2D eigenvalue weighted by Gasteiger charge is -2.34. The highest BCUT2D eigenvalue weighted by molar-refractivity contribution is 8.01. The summed E-state index contributed by atoms with van der Waals surface area (Å²) in [5.74, 6) is 0.533. The zero-order valence-electron chi connectivity index (χ0n) is 24.5. The van der Waals surface area contributed by atoms with E-state index in [1.54, 1.807) is 6.07 Å². The van der Waals surface area contributed by atoms with Gasteiger partial charge in [0.05, 0.1) is 22.7 Å². The highest BCUT2D eigenvalue weighted by atomic mass is 32.2. The SMILES string of the molecule is Cc1nc2c(F)cc(-c3nc(Nc4ccc5c(c4)OC[C@@H]4CN(C6CCOCC6)CCN5S4)ncc3F)cc2n1C(C)C. The lowest BCUT2D eigenvalue weighted by molar-refractivity contribution is 0.0346. The van der Waals surface area contributed by atoms with Crippen LogP contribution in [0.4, 0.5) is 26.1 Å². The summed E-state index contributed by atoms with van der Waals surface area (Å²) < 4.78 is 46.3. The number of aryl methyl sites for hydroxylation is 1. The maximum absolute atomic E-state index is 15.1. The number of ether oxygens (including phenoxy) is 2. The van der Waals surface area contributed by atoms with Crippen molar-refractivity contribution >= 4 is 40.3 Å². The van der Waals surface area contributed by atoms with E-state index < -0.39 is 11.6 Å². The largest absolute Gasteiger partial charge is 0.490 e. The Labute approximate surface area is 253 Å². The minimum absolute atomic E-state index is 0.0140. The second-order valence-corrected chi connectivity index (χ2v) is 12.9. The normalized spacial score (nSPS) is 19.7. The molecule has 2 bridgehead atoms. The van der Waals surface area contributed by atoms with Crippen LogP contribution in [0.3, 0.4) is 0 Å². The molecule has 2 aromatic heterocycles. The maximum atomic E-state index is 15.1. The molecule has 0 unspecified atom stereocenters. The Balaban J connectivity index is 1.13. The minimum atomic E-state index is -0.634. The smallest absolute Gasteiger partial charge is 0.227 e. The van der Waals surface area contributed by atoms with Gasteiger partial charge in [-0.25, -0.2) is 23.7 Å². The molecule has 0 radical (unpaired) electrons. The molecule has 3 aliphatic heterocycles. The van der Waals surface area contributed by atoms with Crippen LogP contribution in [0.1, 0.15) is 38.6 Å². The van der Waals surface area contributed by atoms with E-state index in [1.807, 2.05) is 55.5 Å². The Kier molecular flexibility index (Phi) is 7.60. The molecular weight excluding hydrogens is 572 g/mol. The van der Waals surface area contributed by atoms with Crippen molar-refractivity contribution in [3.05, 3.63) is 54.0 Å². The van der Waals surface area contributed by atoms with Crippen molar-refractivity contribution < 1.29 is 18.3 Å². The van der Waals surface area contributed by atoms with E-state index in [0.717, 1.165) is 69.0 Å². The number of benzene rings is 2. The summed E-state index contributed by atoms with van der Waals surface area (Å²) in [6.07, 6.45) is 3.28. The van der Waals surface area contributed by atoms with Crippen molar-refractivity contribution in [2.45, 2.75) is 50.9 Å². The molecule has 0 spiro atoms. The maximum Gasteiger partial charge on any atom is 0.227 e. The summed E-state index contributed by atoms with van der Waals surface area (Å²) in [7, 11) is 0. The zero-order chi connectivity index (χ0) is 29.7. The third kappa shape index (κ3) is 5.51. The number of nitrogens with zero attached hydrogens (tertiary/aromatic N) is 6. The van der Waals surface area contributed by atoms with E-state index in [-0.39, 0.29) is 23.2 Å². The number of aromatic nitrogens is 4. The molecule has 2 fully saturated rings. The van der Waals surface area contributed by atoms with Crippen LogP contribution < -0.4 is 14.4 Å². The van der Waals surface area contributed by atoms with Crippen LogP contribution in [0.2, 0.25) is 0 Å². The van der Waals surface area contributed by atoms with Crippen LogP contribution in [0, 0.1) is 18.6 Å². The number of nitrogens with one attached hydrogen (secondary N) is 1. The summed E-state index contributed by atoms with van der Waals surface area (Å²) >= 11 is 1.85. The van der Waals surface area contributed by atoms with E-state index in [1.165, 1.54) is 6.07 Å². The molecule has 0 saturated carbocycles. The van der Waals surface area contributed by atoms with Gasteiger partial charge >= 0.3 is 0 Å².